The maximum atomic E-state index is 10.2. The Labute approximate surface area is 96.5 Å². The highest BCUT2D eigenvalue weighted by atomic mass is 16.3. The van der Waals surface area contributed by atoms with Crippen LogP contribution in [0.4, 0.5) is 0 Å². The molecule has 86 valence electrons. The van der Waals surface area contributed by atoms with Crippen LogP contribution in [0.5, 0.6) is 0 Å². The summed E-state index contributed by atoms with van der Waals surface area (Å²) in [5, 5.41) is 11.3. The van der Waals surface area contributed by atoms with Crippen LogP contribution in [0.2, 0.25) is 0 Å². The minimum atomic E-state index is -0.792. The molecule has 2 rings (SSSR count). The van der Waals surface area contributed by atoms with Crippen molar-refractivity contribution in [2.45, 2.75) is 39.3 Å². The largest absolute Gasteiger partial charge is 0.386 e. The van der Waals surface area contributed by atoms with Crippen molar-refractivity contribution in [1.82, 2.24) is 4.57 Å². The van der Waals surface area contributed by atoms with Crippen LogP contribution in [0.3, 0.4) is 0 Å². The number of aromatic nitrogens is 1. The molecule has 1 aromatic carbocycles. The summed E-state index contributed by atoms with van der Waals surface area (Å²) in [5.41, 5.74) is 1.39. The van der Waals surface area contributed by atoms with Gasteiger partial charge in [-0.05, 0) is 33.8 Å². The van der Waals surface area contributed by atoms with Gasteiger partial charge in [0.05, 0.1) is 5.60 Å². The van der Waals surface area contributed by atoms with Gasteiger partial charge in [-0.15, -0.1) is 0 Å². The van der Waals surface area contributed by atoms with Gasteiger partial charge in [0.15, 0.2) is 0 Å². The van der Waals surface area contributed by atoms with Gasteiger partial charge in [0, 0.05) is 28.7 Å². The average molecular weight is 217 g/mol. The third-order valence-electron chi connectivity index (χ3n) is 2.96. The number of para-hydroxylation sites is 1. The summed E-state index contributed by atoms with van der Waals surface area (Å²) in [4.78, 5) is 0. The maximum Gasteiger partial charge on any atom is 0.0861 e. The summed E-state index contributed by atoms with van der Waals surface area (Å²) < 4.78 is 2.21. The molecule has 0 atom stereocenters. The standard InChI is InChI=1S/C14H19NO/c1-10(2)15-9-12(14(3,4)16)11-7-5-6-8-13(11)15/h5-10,16H,1-4H3. The van der Waals surface area contributed by atoms with E-state index in [9.17, 15) is 5.11 Å². The van der Waals surface area contributed by atoms with E-state index in [-0.39, 0.29) is 0 Å². The molecule has 0 aliphatic rings. The van der Waals surface area contributed by atoms with Gasteiger partial charge in [-0.1, -0.05) is 18.2 Å². The number of rotatable bonds is 2. The second-order valence-electron chi connectivity index (χ2n) is 5.12. The van der Waals surface area contributed by atoms with Gasteiger partial charge < -0.3 is 9.67 Å². The molecule has 0 saturated carbocycles. The highest BCUT2D eigenvalue weighted by molar-refractivity contribution is 5.84. The van der Waals surface area contributed by atoms with Crippen molar-refractivity contribution in [3.8, 4) is 0 Å². The van der Waals surface area contributed by atoms with Crippen molar-refractivity contribution in [1.29, 1.82) is 0 Å². The summed E-state index contributed by atoms with van der Waals surface area (Å²) in [7, 11) is 0. The molecule has 0 radical (unpaired) electrons. The third kappa shape index (κ3) is 1.74. The summed E-state index contributed by atoms with van der Waals surface area (Å²) in [6.07, 6.45) is 2.06. The van der Waals surface area contributed by atoms with E-state index in [0.29, 0.717) is 6.04 Å². The lowest BCUT2D eigenvalue weighted by atomic mass is 9.98. The zero-order chi connectivity index (χ0) is 11.9. The molecular formula is C14H19NO. The Morgan fingerprint density at radius 2 is 1.81 bits per heavy atom. The van der Waals surface area contributed by atoms with Crippen molar-refractivity contribution in [3.05, 3.63) is 36.0 Å². The van der Waals surface area contributed by atoms with Gasteiger partial charge >= 0.3 is 0 Å². The van der Waals surface area contributed by atoms with Crippen LogP contribution in [-0.4, -0.2) is 9.67 Å². The second-order valence-corrected chi connectivity index (χ2v) is 5.12. The maximum absolute atomic E-state index is 10.2. The molecule has 0 amide bonds. The lowest BCUT2D eigenvalue weighted by Crippen LogP contribution is -2.14. The summed E-state index contributed by atoms with van der Waals surface area (Å²) in [6, 6.07) is 8.63. The van der Waals surface area contributed by atoms with Crippen molar-refractivity contribution in [2.75, 3.05) is 0 Å². The quantitative estimate of drug-likeness (QED) is 0.819. The first-order valence-electron chi connectivity index (χ1n) is 5.73. The van der Waals surface area contributed by atoms with E-state index in [2.05, 4.69) is 36.7 Å². The minimum absolute atomic E-state index is 0.404. The molecular weight excluding hydrogens is 198 g/mol. The Hall–Kier alpha value is -1.28. The third-order valence-corrected chi connectivity index (χ3v) is 2.96. The van der Waals surface area contributed by atoms with Crippen LogP contribution < -0.4 is 0 Å². The van der Waals surface area contributed by atoms with Crippen molar-refractivity contribution >= 4 is 10.9 Å². The Bertz CT molecular complexity index is 503. The first-order chi connectivity index (χ1) is 7.41. The molecule has 0 fully saturated rings. The smallest absolute Gasteiger partial charge is 0.0861 e. The summed E-state index contributed by atoms with van der Waals surface area (Å²) in [5.74, 6) is 0. The Balaban J connectivity index is 2.77. The second kappa shape index (κ2) is 3.63. The first-order valence-corrected chi connectivity index (χ1v) is 5.73. The number of hydrogen-bond acceptors (Lipinski definition) is 1. The topological polar surface area (TPSA) is 25.2 Å². The van der Waals surface area contributed by atoms with Crippen LogP contribution in [-0.2, 0) is 5.60 Å². The van der Waals surface area contributed by atoms with Gasteiger partial charge in [-0.2, -0.15) is 0 Å². The highest BCUT2D eigenvalue weighted by Gasteiger charge is 2.22. The molecule has 16 heavy (non-hydrogen) atoms. The molecule has 2 nitrogen and oxygen atoms in total. The molecule has 2 aromatic rings. The number of fused-ring (bicyclic) bond motifs is 1. The van der Waals surface area contributed by atoms with Gasteiger partial charge in [0.2, 0.25) is 0 Å². The lowest BCUT2D eigenvalue weighted by molar-refractivity contribution is 0.0799. The fourth-order valence-electron chi connectivity index (χ4n) is 2.12. The molecule has 0 aliphatic heterocycles. The summed E-state index contributed by atoms with van der Waals surface area (Å²) in [6.45, 7) is 7.97. The number of aliphatic hydroxyl groups is 1. The van der Waals surface area contributed by atoms with E-state index in [0.717, 1.165) is 10.9 Å². The van der Waals surface area contributed by atoms with Crippen molar-refractivity contribution < 1.29 is 5.11 Å². The average Bonchev–Trinajstić information content (AvgIpc) is 2.56. The van der Waals surface area contributed by atoms with E-state index in [1.54, 1.807) is 0 Å². The fourth-order valence-corrected chi connectivity index (χ4v) is 2.12. The van der Waals surface area contributed by atoms with Crippen molar-refractivity contribution in [3.63, 3.8) is 0 Å². The molecule has 0 aliphatic carbocycles. The monoisotopic (exact) mass is 217 g/mol. The van der Waals surface area contributed by atoms with E-state index in [1.165, 1.54) is 5.52 Å². The van der Waals surface area contributed by atoms with Gasteiger partial charge in [-0.25, -0.2) is 0 Å². The van der Waals surface area contributed by atoms with Crippen LogP contribution in [0.1, 0.15) is 39.3 Å². The molecule has 0 unspecified atom stereocenters. The van der Waals surface area contributed by atoms with E-state index in [1.807, 2.05) is 26.0 Å². The lowest BCUT2D eigenvalue weighted by Gasteiger charge is -2.16. The fraction of sp³-hybridized carbons (Fsp3) is 0.429. The zero-order valence-electron chi connectivity index (χ0n) is 10.4. The minimum Gasteiger partial charge on any atom is -0.386 e. The normalized spacial score (nSPS) is 12.6. The van der Waals surface area contributed by atoms with Gasteiger partial charge in [0.25, 0.3) is 0 Å². The predicted octanol–water partition coefficient (Wildman–Crippen LogP) is 3.45. The Morgan fingerprint density at radius 1 is 1.19 bits per heavy atom. The molecule has 0 bridgehead atoms. The number of nitrogens with zero attached hydrogens (tertiary/aromatic N) is 1. The first kappa shape index (κ1) is 11.2. The van der Waals surface area contributed by atoms with Crippen LogP contribution in [0.15, 0.2) is 30.5 Å². The van der Waals surface area contributed by atoms with E-state index in [4.69, 9.17) is 0 Å². The number of benzene rings is 1. The number of hydrogen-bond donors (Lipinski definition) is 1. The molecule has 1 aromatic heterocycles. The molecule has 2 heteroatoms. The molecule has 0 saturated heterocycles. The molecule has 0 spiro atoms. The predicted molar refractivity (Wildman–Crippen MR) is 67.6 cm³/mol. The van der Waals surface area contributed by atoms with E-state index >= 15 is 0 Å². The Morgan fingerprint density at radius 3 is 2.38 bits per heavy atom. The molecule has 1 N–H and O–H groups in total. The summed E-state index contributed by atoms with van der Waals surface area (Å²) >= 11 is 0. The molecule has 1 heterocycles. The highest BCUT2D eigenvalue weighted by Crippen LogP contribution is 2.31. The van der Waals surface area contributed by atoms with Gasteiger partial charge in [-0.3, -0.25) is 0 Å². The SMILES string of the molecule is CC(C)n1cc(C(C)(C)O)c2ccccc21. The Kier molecular flexibility index (Phi) is 2.55. The van der Waals surface area contributed by atoms with Crippen LogP contribution in [0.25, 0.3) is 10.9 Å². The van der Waals surface area contributed by atoms with Crippen molar-refractivity contribution in [2.24, 2.45) is 0 Å². The van der Waals surface area contributed by atoms with E-state index < -0.39 is 5.60 Å². The van der Waals surface area contributed by atoms with Crippen LogP contribution >= 0.6 is 0 Å². The zero-order valence-corrected chi connectivity index (χ0v) is 10.4. The van der Waals surface area contributed by atoms with Crippen LogP contribution in [0, 0.1) is 0 Å². The van der Waals surface area contributed by atoms with Gasteiger partial charge in [0.1, 0.15) is 0 Å².